The van der Waals surface area contributed by atoms with Gasteiger partial charge in [-0.05, 0) is 32.4 Å². The third-order valence-electron chi connectivity index (χ3n) is 5.64. The fourth-order valence-corrected chi connectivity index (χ4v) is 3.88. The molecule has 0 radical (unpaired) electrons. The van der Waals surface area contributed by atoms with E-state index in [4.69, 9.17) is 15.1 Å². The Hall–Kier alpha value is -3.40. The average molecular weight is 419 g/mol. The number of H-pyrrole nitrogens is 1. The second kappa shape index (κ2) is 9.17. The Bertz CT molecular complexity index is 1020. The number of pyridine rings is 1. The molecule has 0 spiro atoms. The minimum atomic E-state index is -0.718. The number of morpholine rings is 1. The quantitative estimate of drug-likeness (QED) is 0.442. The van der Waals surface area contributed by atoms with E-state index >= 15 is 0 Å². The van der Waals surface area contributed by atoms with Crippen molar-refractivity contribution in [2.24, 2.45) is 5.41 Å². The van der Waals surface area contributed by atoms with Crippen molar-refractivity contribution >= 4 is 23.7 Å². The number of aromatic amines is 1. The number of hydrogen-bond acceptors (Lipinski definition) is 8. The number of ether oxygens (including phenoxy) is 1. The lowest BCUT2D eigenvalue weighted by atomic mass is 9.82. The third-order valence-corrected chi connectivity index (χ3v) is 5.64. The van der Waals surface area contributed by atoms with Crippen molar-refractivity contribution in [2.45, 2.75) is 25.8 Å². The molecular weight excluding hydrogens is 392 g/mol. The molecule has 0 amide bonds. The smallest absolute Gasteiger partial charge is 0.144 e. The van der Waals surface area contributed by atoms with Crippen LogP contribution in [0.15, 0.2) is 18.3 Å². The van der Waals surface area contributed by atoms with E-state index in [9.17, 15) is 5.26 Å². The first kappa shape index (κ1) is 20.9. The van der Waals surface area contributed by atoms with Gasteiger partial charge in [0.2, 0.25) is 0 Å². The molecule has 2 aliphatic rings. The molecule has 31 heavy (non-hydrogen) atoms. The van der Waals surface area contributed by atoms with Crippen LogP contribution in [-0.2, 0) is 4.74 Å². The summed E-state index contributed by atoms with van der Waals surface area (Å²) in [5, 5.41) is 31.1. The van der Waals surface area contributed by atoms with Crippen LogP contribution in [0, 0.1) is 34.0 Å². The van der Waals surface area contributed by atoms with Crippen LogP contribution in [0.25, 0.3) is 0 Å². The Morgan fingerprint density at radius 2 is 2.39 bits per heavy atom. The van der Waals surface area contributed by atoms with Crippen LogP contribution < -0.4 is 15.5 Å². The van der Waals surface area contributed by atoms with Crippen molar-refractivity contribution in [3.05, 3.63) is 29.5 Å². The maximum Gasteiger partial charge on any atom is 0.144 e. The summed E-state index contributed by atoms with van der Waals surface area (Å²) in [6.45, 7) is 5.53. The molecule has 0 saturated carbocycles. The average Bonchev–Trinajstić information content (AvgIpc) is 3.31. The summed E-state index contributed by atoms with van der Waals surface area (Å²) in [6, 6.07) is 6.27. The summed E-state index contributed by atoms with van der Waals surface area (Å²) in [4.78, 5) is 6.98. The summed E-state index contributed by atoms with van der Waals surface area (Å²) >= 11 is 0. The van der Waals surface area contributed by atoms with Crippen molar-refractivity contribution in [1.82, 2.24) is 20.5 Å². The molecule has 1 unspecified atom stereocenters. The second-order valence-corrected chi connectivity index (χ2v) is 7.87. The SMILES string of the molecule is C[C@@H]1COCCN1c1cc(C#CC2(C#N)CCCNC2)c(C=N)c(Nc2ccn[nH]2)n1. The molecule has 4 N–H and O–H groups in total. The lowest BCUT2D eigenvalue weighted by molar-refractivity contribution is 0.0985. The highest BCUT2D eigenvalue weighted by molar-refractivity contribution is 5.90. The summed E-state index contributed by atoms with van der Waals surface area (Å²) in [5.74, 6) is 8.38. The number of aromatic nitrogens is 3. The molecule has 2 aromatic heterocycles. The van der Waals surface area contributed by atoms with Crippen molar-refractivity contribution in [3.8, 4) is 17.9 Å². The molecule has 0 bridgehead atoms. The normalized spacial score (nSPS) is 23.4. The number of nitrogens with zero attached hydrogens (tertiary/aromatic N) is 4. The predicted molar refractivity (Wildman–Crippen MR) is 119 cm³/mol. The zero-order valence-corrected chi connectivity index (χ0v) is 17.5. The number of nitrogens with one attached hydrogen (secondary N) is 4. The Morgan fingerprint density at radius 1 is 1.48 bits per heavy atom. The summed E-state index contributed by atoms with van der Waals surface area (Å²) in [7, 11) is 0. The summed E-state index contributed by atoms with van der Waals surface area (Å²) in [5.41, 5.74) is 0.522. The van der Waals surface area contributed by atoms with Crippen molar-refractivity contribution in [3.63, 3.8) is 0 Å². The lowest BCUT2D eigenvalue weighted by Gasteiger charge is -2.34. The Morgan fingerprint density at radius 3 is 3.06 bits per heavy atom. The van der Waals surface area contributed by atoms with Gasteiger partial charge in [0, 0.05) is 30.9 Å². The van der Waals surface area contributed by atoms with E-state index in [1.807, 2.05) is 6.07 Å². The van der Waals surface area contributed by atoms with E-state index in [1.54, 1.807) is 12.3 Å². The first-order valence-electron chi connectivity index (χ1n) is 10.5. The van der Waals surface area contributed by atoms with Crippen LogP contribution in [0.2, 0.25) is 0 Å². The molecular formula is C22H26N8O. The maximum atomic E-state index is 9.77. The minimum absolute atomic E-state index is 0.167. The number of piperidine rings is 1. The van der Waals surface area contributed by atoms with E-state index in [1.165, 1.54) is 6.21 Å². The van der Waals surface area contributed by atoms with Gasteiger partial charge < -0.3 is 25.7 Å². The number of rotatable bonds is 4. The van der Waals surface area contributed by atoms with E-state index in [2.05, 4.69) is 50.6 Å². The van der Waals surface area contributed by atoms with Crippen LogP contribution >= 0.6 is 0 Å². The van der Waals surface area contributed by atoms with Gasteiger partial charge in [-0.15, -0.1) is 0 Å². The first-order valence-corrected chi connectivity index (χ1v) is 10.5. The van der Waals surface area contributed by atoms with Gasteiger partial charge in [0.05, 0.1) is 37.1 Å². The Kier molecular flexibility index (Phi) is 6.17. The van der Waals surface area contributed by atoms with E-state index in [-0.39, 0.29) is 6.04 Å². The van der Waals surface area contributed by atoms with Gasteiger partial charge in [-0.3, -0.25) is 5.10 Å². The summed E-state index contributed by atoms with van der Waals surface area (Å²) < 4.78 is 5.57. The van der Waals surface area contributed by atoms with Crippen molar-refractivity contribution in [1.29, 1.82) is 10.7 Å². The molecule has 4 rings (SSSR count). The molecule has 2 aliphatic heterocycles. The highest BCUT2D eigenvalue weighted by Crippen LogP contribution is 2.28. The fourth-order valence-electron chi connectivity index (χ4n) is 3.88. The Labute approximate surface area is 181 Å². The minimum Gasteiger partial charge on any atom is -0.377 e. The van der Waals surface area contributed by atoms with Gasteiger partial charge in [0.1, 0.15) is 22.9 Å². The lowest BCUT2D eigenvalue weighted by Crippen LogP contribution is -2.44. The van der Waals surface area contributed by atoms with Crippen LogP contribution in [0.4, 0.5) is 17.5 Å². The van der Waals surface area contributed by atoms with Crippen LogP contribution in [0.3, 0.4) is 0 Å². The van der Waals surface area contributed by atoms with Gasteiger partial charge in [-0.2, -0.15) is 10.4 Å². The fraction of sp³-hybridized carbons (Fsp3) is 0.455. The standard InChI is InChI=1S/C22H26N8O/c1-16-13-31-10-9-30(16)20-11-17(3-6-22(14-24)5-2-7-25-15-22)18(12-23)21(28-20)27-19-4-8-26-29-19/h4,8,11-12,16,23,25H,2,5,7,9-10,13,15H2,1H3,(H2,26,27,28,29)/t16-,22?/m1/s1. The molecule has 9 heteroatoms. The van der Waals surface area contributed by atoms with Gasteiger partial charge in [0.25, 0.3) is 0 Å². The zero-order chi connectivity index (χ0) is 21.7. The van der Waals surface area contributed by atoms with Gasteiger partial charge in [-0.1, -0.05) is 11.8 Å². The second-order valence-electron chi connectivity index (χ2n) is 7.87. The van der Waals surface area contributed by atoms with Gasteiger partial charge in [0.15, 0.2) is 0 Å². The zero-order valence-electron chi connectivity index (χ0n) is 17.5. The molecule has 0 aliphatic carbocycles. The topological polar surface area (TPSA) is 126 Å². The molecule has 0 aromatic carbocycles. The molecule has 2 atom stereocenters. The third kappa shape index (κ3) is 4.53. The molecule has 160 valence electrons. The van der Waals surface area contributed by atoms with Crippen molar-refractivity contribution < 1.29 is 4.74 Å². The highest BCUT2D eigenvalue weighted by Gasteiger charge is 2.30. The Balaban J connectivity index is 1.79. The molecule has 2 saturated heterocycles. The number of anilines is 3. The highest BCUT2D eigenvalue weighted by atomic mass is 16.5. The largest absolute Gasteiger partial charge is 0.377 e. The van der Waals surface area contributed by atoms with Crippen LogP contribution in [0.5, 0.6) is 0 Å². The van der Waals surface area contributed by atoms with E-state index < -0.39 is 5.41 Å². The van der Waals surface area contributed by atoms with E-state index in [0.29, 0.717) is 42.5 Å². The van der Waals surface area contributed by atoms with Gasteiger partial charge >= 0.3 is 0 Å². The summed E-state index contributed by atoms with van der Waals surface area (Å²) in [6.07, 6.45) is 4.55. The molecule has 2 aromatic rings. The van der Waals surface area contributed by atoms with E-state index in [0.717, 1.165) is 31.7 Å². The van der Waals surface area contributed by atoms with Crippen molar-refractivity contribution in [2.75, 3.05) is 43.1 Å². The predicted octanol–water partition coefficient (Wildman–Crippen LogP) is 2.02. The molecule has 4 heterocycles. The molecule has 2 fully saturated rings. The van der Waals surface area contributed by atoms with Crippen LogP contribution in [0.1, 0.15) is 30.9 Å². The maximum absolute atomic E-state index is 9.77. The first-order chi connectivity index (χ1) is 15.1. The number of hydrogen-bond donors (Lipinski definition) is 4. The van der Waals surface area contributed by atoms with Gasteiger partial charge in [-0.25, -0.2) is 4.98 Å². The van der Waals surface area contributed by atoms with Crippen LogP contribution in [-0.4, -0.2) is 60.3 Å². The number of nitriles is 1. The molecule has 9 nitrogen and oxygen atoms in total. The monoisotopic (exact) mass is 418 g/mol.